The summed E-state index contributed by atoms with van der Waals surface area (Å²) in [6.07, 6.45) is 1.33. The number of rotatable bonds is 3. The second-order valence-corrected chi connectivity index (χ2v) is 5.73. The van der Waals surface area contributed by atoms with E-state index in [-0.39, 0.29) is 22.6 Å². The fourth-order valence-corrected chi connectivity index (χ4v) is 2.95. The maximum absolute atomic E-state index is 12.1. The number of benzene rings is 1. The van der Waals surface area contributed by atoms with Gasteiger partial charge >= 0.3 is 5.97 Å². The number of esters is 1. The van der Waals surface area contributed by atoms with E-state index >= 15 is 0 Å². The third-order valence-corrected chi connectivity index (χ3v) is 3.68. The van der Waals surface area contributed by atoms with E-state index < -0.39 is 11.9 Å². The number of amides is 1. The Morgan fingerprint density at radius 2 is 2.10 bits per heavy atom. The van der Waals surface area contributed by atoms with Crippen LogP contribution in [0.5, 0.6) is 0 Å². The molecule has 1 heterocycles. The Kier molecular flexibility index (Phi) is 4.63. The van der Waals surface area contributed by atoms with Crippen LogP contribution < -0.4 is 11.1 Å². The molecule has 1 aromatic heterocycles. The van der Waals surface area contributed by atoms with Gasteiger partial charge < -0.3 is 15.8 Å². The van der Waals surface area contributed by atoms with Crippen molar-refractivity contribution in [3.05, 3.63) is 38.5 Å². The number of aromatic nitrogens is 2. The number of ether oxygens (including phenoxy) is 1. The molecular weight excluding hydrogens is 408 g/mol. The first-order chi connectivity index (χ1) is 9.93. The number of methoxy groups -OCH3 is 1. The lowest BCUT2D eigenvalue weighted by Crippen LogP contribution is -2.17. The number of carbonyl (C=O) groups is 2. The fraction of sp³-hybridized carbons (Fsp3) is 0.0833. The SMILES string of the molecule is COC(=O)c1cc(Br)cc(Br)c1NC(=O)c1[nH]ncc1N. The summed E-state index contributed by atoms with van der Waals surface area (Å²) in [5.74, 6) is -1.09. The number of aromatic amines is 1. The first kappa shape index (κ1) is 15.5. The van der Waals surface area contributed by atoms with Gasteiger partial charge in [0, 0.05) is 8.95 Å². The molecule has 0 aliphatic heterocycles. The van der Waals surface area contributed by atoms with Crippen molar-refractivity contribution in [2.24, 2.45) is 0 Å². The molecule has 0 saturated heterocycles. The highest BCUT2D eigenvalue weighted by molar-refractivity contribution is 9.11. The molecule has 21 heavy (non-hydrogen) atoms. The molecule has 0 spiro atoms. The second-order valence-electron chi connectivity index (χ2n) is 3.96. The Labute approximate surface area is 136 Å². The van der Waals surface area contributed by atoms with Crippen molar-refractivity contribution in [2.45, 2.75) is 0 Å². The van der Waals surface area contributed by atoms with E-state index in [4.69, 9.17) is 10.5 Å². The van der Waals surface area contributed by atoms with Crippen molar-refractivity contribution in [3.8, 4) is 0 Å². The summed E-state index contributed by atoms with van der Waals surface area (Å²) in [5, 5.41) is 8.77. The average molecular weight is 418 g/mol. The standard InChI is InChI=1S/C12H10Br2N4O3/c1-21-12(20)6-2-5(13)3-7(14)9(6)17-11(19)10-8(15)4-16-18-10/h2-4H,15H2,1H3,(H,16,18)(H,17,19). The van der Waals surface area contributed by atoms with Gasteiger partial charge in [0.1, 0.15) is 5.69 Å². The van der Waals surface area contributed by atoms with Gasteiger partial charge in [0.05, 0.1) is 30.2 Å². The van der Waals surface area contributed by atoms with Crippen molar-refractivity contribution in [1.29, 1.82) is 0 Å². The molecule has 110 valence electrons. The fourth-order valence-electron chi connectivity index (χ4n) is 1.62. The monoisotopic (exact) mass is 416 g/mol. The van der Waals surface area contributed by atoms with Gasteiger partial charge in [-0.1, -0.05) is 15.9 Å². The predicted octanol–water partition coefficient (Wildman–Crippen LogP) is 2.56. The van der Waals surface area contributed by atoms with E-state index in [1.165, 1.54) is 13.3 Å². The van der Waals surface area contributed by atoms with E-state index in [1.54, 1.807) is 12.1 Å². The van der Waals surface area contributed by atoms with Gasteiger partial charge in [-0.3, -0.25) is 9.89 Å². The van der Waals surface area contributed by atoms with Crippen LogP contribution in [0.1, 0.15) is 20.8 Å². The molecular formula is C12H10Br2N4O3. The van der Waals surface area contributed by atoms with Gasteiger partial charge in [-0.15, -0.1) is 0 Å². The summed E-state index contributed by atoms with van der Waals surface area (Å²) in [6, 6.07) is 3.24. The largest absolute Gasteiger partial charge is 0.465 e. The summed E-state index contributed by atoms with van der Waals surface area (Å²) in [5.41, 5.74) is 6.42. The molecule has 7 nitrogen and oxygen atoms in total. The van der Waals surface area contributed by atoms with Crippen molar-refractivity contribution in [3.63, 3.8) is 0 Å². The Balaban J connectivity index is 2.42. The number of halogens is 2. The average Bonchev–Trinajstić information content (AvgIpc) is 2.86. The van der Waals surface area contributed by atoms with Crippen LogP contribution in [-0.4, -0.2) is 29.2 Å². The molecule has 0 atom stereocenters. The summed E-state index contributed by atoms with van der Waals surface area (Å²) in [4.78, 5) is 24.0. The molecule has 2 rings (SSSR count). The van der Waals surface area contributed by atoms with Gasteiger partial charge in [0.25, 0.3) is 5.91 Å². The molecule has 0 aliphatic rings. The minimum absolute atomic E-state index is 0.112. The first-order valence-electron chi connectivity index (χ1n) is 5.61. The summed E-state index contributed by atoms with van der Waals surface area (Å²) < 4.78 is 5.88. The quantitative estimate of drug-likeness (QED) is 0.664. The molecule has 4 N–H and O–H groups in total. The molecule has 0 fully saturated rings. The van der Waals surface area contributed by atoms with Crippen LogP contribution in [0.15, 0.2) is 27.3 Å². The maximum atomic E-state index is 12.1. The zero-order valence-electron chi connectivity index (χ0n) is 10.7. The highest BCUT2D eigenvalue weighted by Gasteiger charge is 2.20. The van der Waals surface area contributed by atoms with Crippen LogP contribution >= 0.6 is 31.9 Å². The van der Waals surface area contributed by atoms with E-state index in [2.05, 4.69) is 47.4 Å². The van der Waals surface area contributed by atoms with Crippen molar-refractivity contribution < 1.29 is 14.3 Å². The zero-order valence-corrected chi connectivity index (χ0v) is 13.9. The van der Waals surface area contributed by atoms with Crippen LogP contribution in [0.4, 0.5) is 11.4 Å². The molecule has 0 saturated carbocycles. The van der Waals surface area contributed by atoms with Gasteiger partial charge in [0.2, 0.25) is 0 Å². The highest BCUT2D eigenvalue weighted by Crippen LogP contribution is 2.31. The van der Waals surface area contributed by atoms with Crippen molar-refractivity contribution >= 4 is 55.1 Å². The Morgan fingerprint density at radius 3 is 2.67 bits per heavy atom. The maximum Gasteiger partial charge on any atom is 0.340 e. The second kappa shape index (κ2) is 6.27. The van der Waals surface area contributed by atoms with Crippen LogP contribution in [-0.2, 0) is 4.74 Å². The lowest BCUT2D eigenvalue weighted by atomic mass is 10.1. The number of nitrogen functional groups attached to an aromatic ring is 1. The van der Waals surface area contributed by atoms with Crippen LogP contribution in [0.25, 0.3) is 0 Å². The molecule has 0 radical (unpaired) electrons. The third-order valence-electron chi connectivity index (χ3n) is 2.59. The smallest absolute Gasteiger partial charge is 0.340 e. The summed E-state index contributed by atoms with van der Waals surface area (Å²) in [7, 11) is 1.26. The molecule has 0 unspecified atom stereocenters. The van der Waals surface area contributed by atoms with Gasteiger partial charge in [-0.25, -0.2) is 4.79 Å². The number of carbonyl (C=O) groups excluding carboxylic acids is 2. The Bertz CT molecular complexity index is 715. The molecule has 1 aromatic carbocycles. The van der Waals surface area contributed by atoms with Crippen molar-refractivity contribution in [1.82, 2.24) is 10.2 Å². The number of nitrogens with one attached hydrogen (secondary N) is 2. The van der Waals surface area contributed by atoms with Gasteiger partial charge in [-0.05, 0) is 28.1 Å². The van der Waals surface area contributed by atoms with E-state index in [9.17, 15) is 9.59 Å². The predicted molar refractivity (Wildman–Crippen MR) is 84.1 cm³/mol. The van der Waals surface area contributed by atoms with Gasteiger partial charge in [0.15, 0.2) is 0 Å². The zero-order chi connectivity index (χ0) is 15.6. The lowest BCUT2D eigenvalue weighted by Gasteiger charge is -2.12. The summed E-state index contributed by atoms with van der Waals surface area (Å²) in [6.45, 7) is 0. The molecule has 2 aromatic rings. The van der Waals surface area contributed by atoms with Crippen LogP contribution in [0.3, 0.4) is 0 Å². The van der Waals surface area contributed by atoms with Crippen molar-refractivity contribution in [2.75, 3.05) is 18.2 Å². The molecule has 1 amide bonds. The Hall–Kier alpha value is -1.87. The lowest BCUT2D eigenvalue weighted by molar-refractivity contribution is 0.0602. The van der Waals surface area contributed by atoms with E-state index in [0.29, 0.717) is 8.95 Å². The number of anilines is 2. The molecule has 9 heteroatoms. The van der Waals surface area contributed by atoms with Gasteiger partial charge in [-0.2, -0.15) is 5.10 Å². The molecule has 0 bridgehead atoms. The number of H-pyrrole nitrogens is 1. The number of nitrogens with two attached hydrogens (primary N) is 1. The van der Waals surface area contributed by atoms with E-state index in [0.717, 1.165) is 0 Å². The minimum atomic E-state index is -0.579. The van der Waals surface area contributed by atoms with Crippen LogP contribution in [0.2, 0.25) is 0 Å². The first-order valence-corrected chi connectivity index (χ1v) is 7.20. The number of hydrogen-bond donors (Lipinski definition) is 3. The molecule has 0 aliphatic carbocycles. The van der Waals surface area contributed by atoms with E-state index in [1.807, 2.05) is 0 Å². The number of nitrogens with zero attached hydrogens (tertiary/aromatic N) is 1. The number of hydrogen-bond acceptors (Lipinski definition) is 5. The highest BCUT2D eigenvalue weighted by atomic mass is 79.9. The normalized spacial score (nSPS) is 10.2. The Morgan fingerprint density at radius 1 is 1.38 bits per heavy atom. The van der Waals surface area contributed by atoms with Crippen LogP contribution in [0, 0.1) is 0 Å². The topological polar surface area (TPSA) is 110 Å². The minimum Gasteiger partial charge on any atom is -0.465 e. The third kappa shape index (κ3) is 3.24. The summed E-state index contributed by atoms with van der Waals surface area (Å²) >= 11 is 6.57.